The van der Waals surface area contributed by atoms with Crippen LogP contribution in [0.4, 0.5) is 0 Å². The summed E-state index contributed by atoms with van der Waals surface area (Å²) < 4.78 is 0. The van der Waals surface area contributed by atoms with E-state index in [0.717, 1.165) is 6.42 Å². The summed E-state index contributed by atoms with van der Waals surface area (Å²) in [6.07, 6.45) is 4.61. The monoisotopic (exact) mass is 126 g/mol. The lowest BCUT2D eigenvalue weighted by Gasteiger charge is -1.94. The van der Waals surface area contributed by atoms with Gasteiger partial charge >= 0.3 is 0 Å². The van der Waals surface area contributed by atoms with Crippen molar-refractivity contribution >= 4 is 12.6 Å². The van der Waals surface area contributed by atoms with E-state index in [9.17, 15) is 0 Å². The highest BCUT2D eigenvalue weighted by Gasteiger charge is 1.88. The summed E-state index contributed by atoms with van der Waals surface area (Å²) in [5.41, 5.74) is 0. The molecule has 1 unspecified atom stereocenters. The number of aliphatic imine (C=N–C) groups is 2. The summed E-state index contributed by atoms with van der Waals surface area (Å²) in [5.74, 6) is 0.572. The van der Waals surface area contributed by atoms with Crippen molar-refractivity contribution in [3.8, 4) is 0 Å². The Morgan fingerprint density at radius 3 is 2.67 bits per heavy atom. The average Bonchev–Trinajstić information content (AvgIpc) is 1.89. The van der Waals surface area contributed by atoms with Crippen LogP contribution in [0, 0.1) is 5.92 Å². The van der Waals surface area contributed by atoms with Gasteiger partial charge in [-0.1, -0.05) is 13.8 Å². The molecule has 1 atom stereocenters. The highest BCUT2D eigenvalue weighted by Crippen LogP contribution is 1.93. The van der Waals surface area contributed by atoms with Gasteiger partial charge in [-0.2, -0.15) is 0 Å². The first-order valence-corrected chi connectivity index (χ1v) is 3.25. The molecule has 0 aromatic rings. The van der Waals surface area contributed by atoms with Gasteiger partial charge in [-0.3, -0.25) is 4.99 Å². The molecule has 0 spiro atoms. The maximum absolute atomic E-state index is 3.94. The van der Waals surface area contributed by atoms with Crippen LogP contribution in [0.15, 0.2) is 9.98 Å². The van der Waals surface area contributed by atoms with Gasteiger partial charge in [0.15, 0.2) is 0 Å². The van der Waals surface area contributed by atoms with Crippen LogP contribution in [0.2, 0.25) is 0 Å². The average molecular weight is 126 g/mol. The molecule has 2 heteroatoms. The minimum absolute atomic E-state index is 0.572. The lowest BCUT2D eigenvalue weighted by atomic mass is 10.1. The summed E-state index contributed by atoms with van der Waals surface area (Å²) in [5, 5.41) is 0. The lowest BCUT2D eigenvalue weighted by molar-refractivity contribution is 0.755. The van der Waals surface area contributed by atoms with E-state index in [4.69, 9.17) is 0 Å². The number of hydrogen-bond acceptors (Lipinski definition) is 1. The van der Waals surface area contributed by atoms with Gasteiger partial charge in [-0.05, 0) is 12.3 Å². The van der Waals surface area contributed by atoms with Crippen molar-refractivity contribution in [1.29, 1.82) is 0 Å². The molecule has 0 aromatic carbocycles. The maximum atomic E-state index is 3.94. The summed E-state index contributed by atoms with van der Waals surface area (Å²) in [7, 11) is 1.72. The Balaban J connectivity index is 3.43. The molecule has 52 valence electrons. The summed E-state index contributed by atoms with van der Waals surface area (Å²) in [6, 6.07) is 0. The maximum Gasteiger partial charge on any atom is 0.109 e. The Kier molecular flexibility index (Phi) is 5.07. The molecule has 9 heavy (non-hydrogen) atoms. The van der Waals surface area contributed by atoms with Gasteiger partial charge in [0.25, 0.3) is 0 Å². The second kappa shape index (κ2) is 5.48. The third-order valence-corrected chi connectivity index (χ3v) is 1.17. The van der Waals surface area contributed by atoms with Crippen LogP contribution < -0.4 is 0 Å². The topological polar surface area (TPSA) is 24.7 Å². The van der Waals surface area contributed by atoms with Crippen molar-refractivity contribution in [2.75, 3.05) is 7.05 Å². The van der Waals surface area contributed by atoms with Crippen molar-refractivity contribution in [2.24, 2.45) is 15.9 Å². The molecule has 0 aliphatic heterocycles. The quantitative estimate of drug-likeness (QED) is 0.406. The highest BCUT2D eigenvalue weighted by molar-refractivity contribution is 5.73. The van der Waals surface area contributed by atoms with E-state index in [0.29, 0.717) is 5.92 Å². The molecule has 0 saturated carbocycles. The predicted molar refractivity (Wildman–Crippen MR) is 42.4 cm³/mol. The first-order chi connectivity index (χ1) is 4.31. The second-order valence-electron chi connectivity index (χ2n) is 2.06. The van der Waals surface area contributed by atoms with Crippen molar-refractivity contribution in [3.63, 3.8) is 0 Å². The molecule has 0 saturated heterocycles. The van der Waals surface area contributed by atoms with Gasteiger partial charge in [-0.15, -0.1) is 0 Å². The molecule has 0 aliphatic rings. The van der Waals surface area contributed by atoms with E-state index < -0.39 is 0 Å². The fourth-order valence-corrected chi connectivity index (χ4v) is 0.357. The van der Waals surface area contributed by atoms with Gasteiger partial charge in [0, 0.05) is 13.3 Å². The first-order valence-electron chi connectivity index (χ1n) is 3.25. The van der Waals surface area contributed by atoms with Crippen LogP contribution in [0.3, 0.4) is 0 Å². The van der Waals surface area contributed by atoms with E-state index in [1.54, 1.807) is 13.4 Å². The fraction of sp³-hybridized carbons (Fsp3) is 0.714. The Morgan fingerprint density at radius 2 is 2.22 bits per heavy atom. The zero-order valence-electron chi connectivity index (χ0n) is 6.33. The van der Waals surface area contributed by atoms with Gasteiger partial charge < -0.3 is 0 Å². The summed E-state index contributed by atoms with van der Waals surface area (Å²) in [6.45, 7) is 4.27. The molecule has 0 fully saturated rings. The molecule has 0 heterocycles. The zero-order chi connectivity index (χ0) is 7.11. The normalized spacial score (nSPS) is 15.4. The smallest absolute Gasteiger partial charge is 0.109 e. The SMILES string of the molecule is CCC(C)/C=N\C=N/C. The van der Waals surface area contributed by atoms with Crippen molar-refractivity contribution < 1.29 is 0 Å². The summed E-state index contributed by atoms with van der Waals surface area (Å²) >= 11 is 0. The van der Waals surface area contributed by atoms with Crippen LogP contribution in [0.25, 0.3) is 0 Å². The third kappa shape index (κ3) is 5.21. The molecule has 0 N–H and O–H groups in total. The van der Waals surface area contributed by atoms with E-state index in [1.165, 1.54) is 0 Å². The van der Waals surface area contributed by atoms with E-state index in [-0.39, 0.29) is 0 Å². The summed E-state index contributed by atoms with van der Waals surface area (Å²) in [4.78, 5) is 7.66. The minimum Gasteiger partial charge on any atom is -0.277 e. The van der Waals surface area contributed by atoms with Crippen LogP contribution in [-0.2, 0) is 0 Å². The number of hydrogen-bond donors (Lipinski definition) is 0. The molecule has 0 bridgehead atoms. The Morgan fingerprint density at radius 1 is 1.56 bits per heavy atom. The van der Waals surface area contributed by atoms with Crippen LogP contribution in [0.5, 0.6) is 0 Å². The number of rotatable bonds is 3. The second-order valence-corrected chi connectivity index (χ2v) is 2.06. The molecule has 0 amide bonds. The van der Waals surface area contributed by atoms with Gasteiger partial charge in [0.1, 0.15) is 6.34 Å². The Labute approximate surface area is 56.7 Å². The van der Waals surface area contributed by atoms with E-state index in [2.05, 4.69) is 23.8 Å². The molecular weight excluding hydrogens is 112 g/mol. The minimum atomic E-state index is 0.572. The molecule has 0 rings (SSSR count). The highest BCUT2D eigenvalue weighted by atomic mass is 14.8. The van der Waals surface area contributed by atoms with Crippen molar-refractivity contribution in [2.45, 2.75) is 20.3 Å². The lowest BCUT2D eigenvalue weighted by Crippen LogP contribution is -1.91. The van der Waals surface area contributed by atoms with Crippen LogP contribution in [-0.4, -0.2) is 19.6 Å². The van der Waals surface area contributed by atoms with Crippen molar-refractivity contribution in [1.82, 2.24) is 0 Å². The van der Waals surface area contributed by atoms with Gasteiger partial charge in [0.05, 0.1) is 0 Å². The molecule has 0 aromatic heterocycles. The largest absolute Gasteiger partial charge is 0.277 e. The molecule has 2 nitrogen and oxygen atoms in total. The van der Waals surface area contributed by atoms with Crippen molar-refractivity contribution in [3.05, 3.63) is 0 Å². The molecule has 0 radical (unpaired) electrons. The van der Waals surface area contributed by atoms with Gasteiger partial charge in [0.2, 0.25) is 0 Å². The van der Waals surface area contributed by atoms with Gasteiger partial charge in [-0.25, -0.2) is 4.99 Å². The Bertz CT molecular complexity index is 105. The molecule has 0 aliphatic carbocycles. The predicted octanol–water partition coefficient (Wildman–Crippen LogP) is 1.76. The molecular formula is C7H14N2. The Hall–Kier alpha value is -0.660. The third-order valence-electron chi connectivity index (χ3n) is 1.17. The standard InChI is InChI=1S/C7H14N2/c1-4-7(2)5-9-6-8-3/h5-7H,4H2,1-3H3/b8-6-,9-5-. The zero-order valence-corrected chi connectivity index (χ0v) is 6.33. The fourth-order valence-electron chi connectivity index (χ4n) is 0.357. The van der Waals surface area contributed by atoms with E-state index in [1.807, 2.05) is 6.21 Å². The van der Waals surface area contributed by atoms with Crippen LogP contribution >= 0.6 is 0 Å². The number of nitrogens with zero attached hydrogens (tertiary/aromatic N) is 2. The van der Waals surface area contributed by atoms with E-state index >= 15 is 0 Å². The first kappa shape index (κ1) is 8.34. The van der Waals surface area contributed by atoms with Crippen LogP contribution in [0.1, 0.15) is 20.3 Å².